The molecule has 0 bridgehead atoms. The largest absolute Gasteiger partial charge is 0.493 e. The van der Waals surface area contributed by atoms with Gasteiger partial charge in [-0.05, 0) is 50.1 Å². The van der Waals surface area contributed by atoms with E-state index in [9.17, 15) is 4.79 Å². The number of rotatable bonds is 5. The van der Waals surface area contributed by atoms with E-state index in [1.807, 2.05) is 53.7 Å². The molecule has 1 aromatic heterocycles. The first-order valence-corrected chi connectivity index (χ1v) is 10.5. The normalized spacial score (nSPS) is 12.7. The lowest BCUT2D eigenvalue weighted by Gasteiger charge is -2.15. The van der Waals surface area contributed by atoms with Gasteiger partial charge in [-0.3, -0.25) is 4.79 Å². The smallest absolute Gasteiger partial charge is 0.260 e. The number of thioether (sulfide) groups is 1. The molecule has 5 nitrogen and oxygen atoms in total. The molecule has 1 N–H and O–H groups in total. The highest BCUT2D eigenvalue weighted by atomic mass is 32.2. The van der Waals surface area contributed by atoms with Gasteiger partial charge in [0.15, 0.2) is 0 Å². The monoisotopic (exact) mass is 393 g/mol. The molecule has 4 rings (SSSR count). The van der Waals surface area contributed by atoms with Crippen LogP contribution < -0.4 is 10.1 Å². The third-order valence-corrected chi connectivity index (χ3v) is 5.99. The zero-order valence-electron chi connectivity index (χ0n) is 16.3. The first kappa shape index (κ1) is 18.6. The van der Waals surface area contributed by atoms with Crippen LogP contribution >= 0.6 is 11.8 Å². The van der Waals surface area contributed by atoms with Gasteiger partial charge in [0.25, 0.3) is 5.91 Å². The molecule has 1 aliphatic heterocycles. The van der Waals surface area contributed by atoms with E-state index in [1.54, 1.807) is 6.07 Å². The molecule has 2 heterocycles. The molecule has 0 fully saturated rings. The van der Waals surface area contributed by atoms with E-state index in [0.717, 1.165) is 39.8 Å². The van der Waals surface area contributed by atoms with Crippen LogP contribution in [0.2, 0.25) is 0 Å². The summed E-state index contributed by atoms with van der Waals surface area (Å²) in [7, 11) is 0. The number of amides is 1. The number of hydrogen-bond donors (Lipinski definition) is 1. The summed E-state index contributed by atoms with van der Waals surface area (Å²) in [4.78, 5) is 13.1. The second-order valence-electron chi connectivity index (χ2n) is 6.78. The molecule has 0 saturated heterocycles. The average Bonchev–Trinajstić information content (AvgIpc) is 3.27. The molecule has 0 atom stereocenters. The molecule has 0 radical (unpaired) electrons. The Kier molecular flexibility index (Phi) is 5.13. The quantitative estimate of drug-likeness (QED) is 0.671. The number of nitrogens with zero attached hydrogens (tertiary/aromatic N) is 2. The minimum Gasteiger partial charge on any atom is -0.493 e. The van der Waals surface area contributed by atoms with Crippen molar-refractivity contribution in [3.63, 3.8) is 0 Å². The van der Waals surface area contributed by atoms with Gasteiger partial charge in [-0.25, -0.2) is 4.68 Å². The minimum atomic E-state index is -0.185. The number of para-hydroxylation sites is 1. The number of ether oxygens (including phenoxy) is 1. The highest BCUT2D eigenvalue weighted by Gasteiger charge is 2.26. The lowest BCUT2D eigenvalue weighted by Crippen LogP contribution is -2.17. The molecule has 6 heteroatoms. The van der Waals surface area contributed by atoms with Crippen molar-refractivity contribution in [2.45, 2.75) is 32.3 Å². The van der Waals surface area contributed by atoms with Gasteiger partial charge in [0.2, 0.25) is 0 Å². The summed E-state index contributed by atoms with van der Waals surface area (Å²) < 4.78 is 7.52. The highest BCUT2D eigenvalue weighted by Crippen LogP contribution is 2.37. The van der Waals surface area contributed by atoms with E-state index < -0.39 is 0 Å². The van der Waals surface area contributed by atoms with E-state index in [4.69, 9.17) is 9.84 Å². The van der Waals surface area contributed by atoms with Gasteiger partial charge in [0.05, 0.1) is 23.6 Å². The van der Waals surface area contributed by atoms with Crippen LogP contribution in [0.3, 0.4) is 0 Å². The average molecular weight is 394 g/mol. The Bertz CT molecular complexity index is 1040. The summed E-state index contributed by atoms with van der Waals surface area (Å²) in [5.74, 6) is 2.88. The van der Waals surface area contributed by atoms with Crippen LogP contribution in [-0.2, 0) is 11.5 Å². The van der Waals surface area contributed by atoms with Crippen molar-refractivity contribution in [3.8, 4) is 11.4 Å². The lowest BCUT2D eigenvalue weighted by atomic mass is 10.1. The Morgan fingerprint density at radius 1 is 1.18 bits per heavy atom. The number of carbonyl (C=O) groups excluding carboxylic acids is 1. The topological polar surface area (TPSA) is 56.1 Å². The zero-order valence-corrected chi connectivity index (χ0v) is 17.1. The molecule has 0 unspecified atom stereocenters. The molecular formula is C22H23N3O2S. The van der Waals surface area contributed by atoms with Crippen molar-refractivity contribution >= 4 is 23.5 Å². The van der Waals surface area contributed by atoms with E-state index in [-0.39, 0.29) is 5.91 Å². The van der Waals surface area contributed by atoms with Crippen LogP contribution in [0.25, 0.3) is 5.69 Å². The van der Waals surface area contributed by atoms with Crippen LogP contribution in [0.15, 0.2) is 42.5 Å². The summed E-state index contributed by atoms with van der Waals surface area (Å²) in [5, 5.41) is 7.94. The Labute approximate surface area is 169 Å². The maximum Gasteiger partial charge on any atom is 0.260 e. The third-order valence-electron chi connectivity index (χ3n) is 5.02. The molecule has 0 saturated carbocycles. The van der Waals surface area contributed by atoms with Crippen molar-refractivity contribution < 1.29 is 9.53 Å². The summed E-state index contributed by atoms with van der Waals surface area (Å²) >= 11 is 1.82. The maximum absolute atomic E-state index is 13.1. The van der Waals surface area contributed by atoms with E-state index in [2.05, 4.69) is 25.2 Å². The van der Waals surface area contributed by atoms with E-state index in [0.29, 0.717) is 17.9 Å². The fraction of sp³-hybridized carbons (Fsp3) is 0.273. The lowest BCUT2D eigenvalue weighted by molar-refractivity contribution is 0.102. The third kappa shape index (κ3) is 3.29. The number of hydrogen-bond acceptors (Lipinski definition) is 4. The van der Waals surface area contributed by atoms with Crippen LogP contribution in [0.5, 0.6) is 5.75 Å². The zero-order chi connectivity index (χ0) is 19.7. The maximum atomic E-state index is 13.1. The molecule has 0 spiro atoms. The first-order chi connectivity index (χ1) is 13.6. The second kappa shape index (κ2) is 7.72. The van der Waals surface area contributed by atoms with Crippen LogP contribution in [-0.4, -0.2) is 22.3 Å². The number of nitrogens with one attached hydrogen (secondary N) is 1. The Balaban J connectivity index is 1.76. The van der Waals surface area contributed by atoms with Crippen LogP contribution in [0.1, 0.15) is 39.7 Å². The minimum absolute atomic E-state index is 0.185. The molecule has 28 heavy (non-hydrogen) atoms. The molecule has 3 aromatic rings. The molecule has 0 aliphatic carbocycles. The van der Waals surface area contributed by atoms with Gasteiger partial charge in [-0.2, -0.15) is 16.9 Å². The fourth-order valence-electron chi connectivity index (χ4n) is 3.39. The Morgan fingerprint density at radius 2 is 2.00 bits per heavy atom. The fourth-order valence-corrected chi connectivity index (χ4v) is 4.43. The van der Waals surface area contributed by atoms with Gasteiger partial charge in [0.1, 0.15) is 11.6 Å². The van der Waals surface area contributed by atoms with Gasteiger partial charge in [-0.15, -0.1) is 0 Å². The van der Waals surface area contributed by atoms with Gasteiger partial charge < -0.3 is 10.1 Å². The number of benzene rings is 2. The van der Waals surface area contributed by atoms with Crippen LogP contribution in [0, 0.1) is 13.8 Å². The summed E-state index contributed by atoms with van der Waals surface area (Å²) in [5.41, 5.74) is 6.01. The number of fused-ring (bicyclic) bond motifs is 1. The predicted molar refractivity (Wildman–Crippen MR) is 114 cm³/mol. The van der Waals surface area contributed by atoms with Crippen molar-refractivity contribution in [3.05, 3.63) is 70.4 Å². The van der Waals surface area contributed by atoms with Crippen molar-refractivity contribution in [2.24, 2.45) is 0 Å². The van der Waals surface area contributed by atoms with Crippen LogP contribution in [0.4, 0.5) is 5.82 Å². The molecule has 144 valence electrons. The molecule has 1 amide bonds. The van der Waals surface area contributed by atoms with Gasteiger partial charge >= 0.3 is 0 Å². The predicted octanol–water partition coefficient (Wildman–Crippen LogP) is 4.89. The number of carbonyl (C=O) groups is 1. The van der Waals surface area contributed by atoms with Crippen molar-refractivity contribution in [1.82, 2.24) is 9.78 Å². The van der Waals surface area contributed by atoms with E-state index >= 15 is 0 Å². The van der Waals surface area contributed by atoms with E-state index in [1.165, 1.54) is 5.56 Å². The summed E-state index contributed by atoms with van der Waals surface area (Å²) in [6.07, 6.45) is 0. The molecule has 1 aliphatic rings. The Morgan fingerprint density at radius 3 is 2.82 bits per heavy atom. The second-order valence-corrected chi connectivity index (χ2v) is 7.77. The first-order valence-electron chi connectivity index (χ1n) is 9.38. The number of aromatic nitrogens is 2. The Hall–Kier alpha value is -2.73. The van der Waals surface area contributed by atoms with Crippen molar-refractivity contribution in [2.75, 3.05) is 11.9 Å². The molecule has 2 aromatic carbocycles. The summed E-state index contributed by atoms with van der Waals surface area (Å²) in [6.45, 7) is 6.59. The summed E-state index contributed by atoms with van der Waals surface area (Å²) in [6, 6.07) is 13.5. The van der Waals surface area contributed by atoms with Gasteiger partial charge in [0, 0.05) is 17.1 Å². The SMILES string of the molecule is CCOc1ccccc1C(=O)Nc1c2c(nn1-c1cccc(C)c1C)CSC2. The standard InChI is InChI=1S/C22H23N3O2S/c1-4-27-20-11-6-5-9-16(20)22(26)23-21-17-12-28-13-18(17)24-25(21)19-10-7-8-14(2)15(19)3/h5-11H,4,12-13H2,1-3H3,(H,23,26). The van der Waals surface area contributed by atoms with Crippen molar-refractivity contribution in [1.29, 1.82) is 0 Å². The number of aryl methyl sites for hydroxylation is 1. The number of anilines is 1. The molecular weight excluding hydrogens is 370 g/mol. The highest BCUT2D eigenvalue weighted by molar-refractivity contribution is 7.98. The van der Waals surface area contributed by atoms with Gasteiger partial charge in [-0.1, -0.05) is 24.3 Å².